The maximum absolute atomic E-state index is 12.6. The molecule has 0 aliphatic rings. The van der Waals surface area contributed by atoms with Gasteiger partial charge in [0.15, 0.2) is 0 Å². The number of allylic oxidation sites excluding steroid dienone is 2. The van der Waals surface area contributed by atoms with Crippen molar-refractivity contribution in [3.8, 4) is 0 Å². The largest absolute Gasteiger partial charge is 0.466 e. The molecule has 0 aliphatic heterocycles. The van der Waals surface area contributed by atoms with Crippen molar-refractivity contribution in [1.29, 1.82) is 0 Å². The van der Waals surface area contributed by atoms with E-state index >= 15 is 0 Å². The molecule has 0 rings (SSSR count). The molecular formula is C75H147NO5. The molecule has 6 heteroatoms. The Morgan fingerprint density at radius 1 is 0.333 bits per heavy atom. The number of nitrogens with one attached hydrogen (secondary N) is 1. The van der Waals surface area contributed by atoms with Gasteiger partial charge in [-0.2, -0.15) is 0 Å². The summed E-state index contributed by atoms with van der Waals surface area (Å²) in [5, 5.41) is 23.4. The van der Waals surface area contributed by atoms with Crippen molar-refractivity contribution >= 4 is 11.9 Å². The normalized spacial score (nSPS) is 12.5. The zero-order valence-electron chi connectivity index (χ0n) is 55.3. The molecule has 0 aromatic rings. The van der Waals surface area contributed by atoms with Crippen molar-refractivity contribution in [2.24, 2.45) is 0 Å². The van der Waals surface area contributed by atoms with Crippen LogP contribution >= 0.6 is 0 Å². The fourth-order valence-corrected chi connectivity index (χ4v) is 12.1. The van der Waals surface area contributed by atoms with Crippen LogP contribution in [-0.4, -0.2) is 47.4 Å². The highest BCUT2D eigenvalue weighted by Gasteiger charge is 2.20. The summed E-state index contributed by atoms with van der Waals surface area (Å²) in [5.74, 6) is -0.0141. The van der Waals surface area contributed by atoms with E-state index in [1.54, 1.807) is 0 Å². The lowest BCUT2D eigenvalue weighted by Gasteiger charge is -2.22. The molecule has 6 nitrogen and oxygen atoms in total. The fourth-order valence-electron chi connectivity index (χ4n) is 12.1. The van der Waals surface area contributed by atoms with Gasteiger partial charge in [0.05, 0.1) is 25.4 Å². The van der Waals surface area contributed by atoms with E-state index in [0.717, 1.165) is 44.9 Å². The molecule has 0 bridgehead atoms. The van der Waals surface area contributed by atoms with Crippen LogP contribution in [-0.2, 0) is 14.3 Å². The van der Waals surface area contributed by atoms with E-state index in [1.807, 2.05) is 0 Å². The SMILES string of the molecule is CCCC/C=C\CCCCCCCC(=O)OCCCCCCCCCCCCCCCCCCCCCCCCCCCCCCCCCCC(=O)NC(CO)C(O)CCCCCCCCCCCCCCCCCCCCCCC. The Hall–Kier alpha value is -1.40. The first kappa shape index (κ1) is 79.6. The number of carbonyl (C=O) groups excluding carboxylic acids is 2. The average Bonchev–Trinajstić information content (AvgIpc) is 3.47. The summed E-state index contributed by atoms with van der Waals surface area (Å²) in [4.78, 5) is 24.6. The minimum atomic E-state index is -0.661. The summed E-state index contributed by atoms with van der Waals surface area (Å²) in [5.41, 5.74) is 0. The molecular weight excluding hydrogens is 995 g/mol. The fraction of sp³-hybridized carbons (Fsp3) is 0.947. The van der Waals surface area contributed by atoms with Crippen molar-refractivity contribution in [3.05, 3.63) is 12.2 Å². The van der Waals surface area contributed by atoms with Gasteiger partial charge in [0, 0.05) is 12.8 Å². The van der Waals surface area contributed by atoms with E-state index in [0.29, 0.717) is 25.9 Å². The zero-order chi connectivity index (χ0) is 58.5. The Morgan fingerprint density at radius 3 is 0.914 bits per heavy atom. The smallest absolute Gasteiger partial charge is 0.305 e. The van der Waals surface area contributed by atoms with Crippen LogP contribution in [0.15, 0.2) is 12.2 Å². The van der Waals surface area contributed by atoms with Gasteiger partial charge in [0.2, 0.25) is 5.91 Å². The molecule has 0 aromatic heterocycles. The predicted octanol–water partition coefficient (Wildman–Crippen LogP) is 24.3. The molecule has 0 spiro atoms. The quantitative estimate of drug-likeness (QED) is 0.0320. The van der Waals surface area contributed by atoms with Gasteiger partial charge < -0.3 is 20.3 Å². The molecule has 3 N–H and O–H groups in total. The third-order valence-electron chi connectivity index (χ3n) is 17.8. The van der Waals surface area contributed by atoms with Gasteiger partial charge in [0.25, 0.3) is 0 Å². The first-order valence-corrected chi connectivity index (χ1v) is 37.4. The summed E-state index contributed by atoms with van der Waals surface area (Å²) < 4.78 is 5.47. The molecule has 0 saturated carbocycles. The van der Waals surface area contributed by atoms with Crippen LogP contribution in [0, 0.1) is 0 Å². The maximum Gasteiger partial charge on any atom is 0.305 e. The van der Waals surface area contributed by atoms with Crippen molar-refractivity contribution in [1.82, 2.24) is 5.32 Å². The summed E-state index contributed by atoms with van der Waals surface area (Å²) in [7, 11) is 0. The topological polar surface area (TPSA) is 95.9 Å². The number of aliphatic hydroxyl groups is 2. The van der Waals surface area contributed by atoms with Crippen LogP contribution in [0.2, 0.25) is 0 Å². The highest BCUT2D eigenvalue weighted by Crippen LogP contribution is 2.20. The Labute approximate surface area is 508 Å². The maximum atomic E-state index is 12.6. The van der Waals surface area contributed by atoms with Gasteiger partial charge >= 0.3 is 5.97 Å². The van der Waals surface area contributed by atoms with Crippen molar-refractivity contribution in [3.63, 3.8) is 0 Å². The summed E-state index contributed by atoms with van der Waals surface area (Å²) in [6, 6.07) is -0.538. The number of rotatable bonds is 71. The third kappa shape index (κ3) is 67.6. The van der Waals surface area contributed by atoms with Crippen LogP contribution in [0.3, 0.4) is 0 Å². The highest BCUT2D eigenvalue weighted by atomic mass is 16.5. The summed E-state index contributed by atoms with van der Waals surface area (Å²) in [6.07, 6.45) is 88.6. The molecule has 0 saturated heterocycles. The minimum Gasteiger partial charge on any atom is -0.466 e. The van der Waals surface area contributed by atoms with Crippen LogP contribution in [0.4, 0.5) is 0 Å². The second-order valence-corrected chi connectivity index (χ2v) is 26.0. The lowest BCUT2D eigenvalue weighted by Crippen LogP contribution is -2.45. The number of amides is 1. The first-order valence-electron chi connectivity index (χ1n) is 37.4. The monoisotopic (exact) mass is 1140 g/mol. The number of carbonyl (C=O) groups is 2. The Bertz CT molecular complexity index is 1220. The van der Waals surface area contributed by atoms with E-state index in [1.165, 1.54) is 353 Å². The number of esters is 1. The van der Waals surface area contributed by atoms with E-state index < -0.39 is 12.1 Å². The molecule has 0 fully saturated rings. The molecule has 81 heavy (non-hydrogen) atoms. The summed E-state index contributed by atoms with van der Waals surface area (Å²) in [6.45, 7) is 4.96. The number of hydrogen-bond donors (Lipinski definition) is 3. The standard InChI is InChI=1S/C75H147NO5/c1-3-5-7-9-11-13-15-16-17-18-19-32-35-38-41-44-48-51-55-59-63-67-73(78)72(71-77)76-74(79)68-64-60-56-52-49-45-42-39-36-33-30-28-26-24-22-20-21-23-25-27-29-31-34-37-40-43-46-50-54-58-62-66-70-81-75(80)69-65-61-57-53-47-14-12-10-8-6-4-2/h10,12,72-73,77-78H,3-9,11,13-71H2,1-2H3,(H,76,79)/b12-10-. The van der Waals surface area contributed by atoms with E-state index in [9.17, 15) is 19.8 Å². The van der Waals surface area contributed by atoms with Crippen molar-refractivity contribution in [2.75, 3.05) is 13.2 Å². The number of unbranched alkanes of at least 4 members (excludes halogenated alkanes) is 58. The molecule has 2 unspecified atom stereocenters. The molecule has 1 amide bonds. The third-order valence-corrected chi connectivity index (χ3v) is 17.8. The number of ether oxygens (including phenoxy) is 1. The number of hydrogen-bond acceptors (Lipinski definition) is 5. The minimum absolute atomic E-state index is 0.0110. The predicted molar refractivity (Wildman–Crippen MR) is 357 cm³/mol. The molecule has 0 aliphatic carbocycles. The highest BCUT2D eigenvalue weighted by molar-refractivity contribution is 5.76. The first-order chi connectivity index (χ1) is 40.0. The van der Waals surface area contributed by atoms with E-state index in [4.69, 9.17) is 4.74 Å². The van der Waals surface area contributed by atoms with Crippen LogP contribution in [0.1, 0.15) is 431 Å². The van der Waals surface area contributed by atoms with E-state index in [2.05, 4.69) is 31.3 Å². The molecule has 0 heterocycles. The Morgan fingerprint density at radius 2 is 0.593 bits per heavy atom. The van der Waals surface area contributed by atoms with Crippen LogP contribution in [0.5, 0.6) is 0 Å². The summed E-state index contributed by atoms with van der Waals surface area (Å²) >= 11 is 0. The number of aliphatic hydroxyl groups excluding tert-OH is 2. The van der Waals surface area contributed by atoms with E-state index in [-0.39, 0.29) is 18.5 Å². The van der Waals surface area contributed by atoms with Gasteiger partial charge in [-0.15, -0.1) is 0 Å². The van der Waals surface area contributed by atoms with Crippen LogP contribution < -0.4 is 5.32 Å². The molecule has 0 aromatic carbocycles. The van der Waals surface area contributed by atoms with Crippen LogP contribution in [0.25, 0.3) is 0 Å². The lowest BCUT2D eigenvalue weighted by molar-refractivity contribution is -0.143. The molecule has 0 radical (unpaired) electrons. The van der Waals surface area contributed by atoms with Gasteiger partial charge in [0.1, 0.15) is 0 Å². The second-order valence-electron chi connectivity index (χ2n) is 26.0. The Balaban J connectivity index is 3.33. The van der Waals surface area contributed by atoms with Crippen molar-refractivity contribution < 1.29 is 24.5 Å². The van der Waals surface area contributed by atoms with Gasteiger partial charge in [-0.25, -0.2) is 0 Å². The second kappa shape index (κ2) is 71.1. The molecule has 2 atom stereocenters. The Kier molecular flexibility index (Phi) is 69.9. The van der Waals surface area contributed by atoms with Gasteiger partial charge in [-0.1, -0.05) is 386 Å². The van der Waals surface area contributed by atoms with Crippen molar-refractivity contribution in [2.45, 2.75) is 443 Å². The van der Waals surface area contributed by atoms with Gasteiger partial charge in [-0.3, -0.25) is 9.59 Å². The molecule has 482 valence electrons. The zero-order valence-corrected chi connectivity index (χ0v) is 55.3. The van der Waals surface area contributed by atoms with Gasteiger partial charge in [-0.05, 0) is 44.9 Å². The lowest BCUT2D eigenvalue weighted by atomic mass is 10.0. The average molecular weight is 1140 g/mol.